The molecule has 0 saturated heterocycles. The van der Waals surface area contributed by atoms with E-state index in [0.717, 1.165) is 10.7 Å². The number of hydrogen-bond acceptors (Lipinski definition) is 8. The van der Waals surface area contributed by atoms with Gasteiger partial charge in [0.15, 0.2) is 18.1 Å². The molecule has 0 atom stereocenters. The summed E-state index contributed by atoms with van der Waals surface area (Å²) < 4.78 is 40.1. The largest absolute Gasteiger partial charge is 0.586 e. The topological polar surface area (TPSA) is 117 Å². The van der Waals surface area contributed by atoms with Gasteiger partial charge in [0.05, 0.1) is 0 Å². The number of rotatable bonds is 5. The number of aromatic nitrogens is 4. The first-order valence-electron chi connectivity index (χ1n) is 6.47. The Morgan fingerprint density at radius 3 is 2.83 bits per heavy atom. The second kappa shape index (κ2) is 6.06. The van der Waals surface area contributed by atoms with Gasteiger partial charge < -0.3 is 19.5 Å². The number of carbonyl (C=O) groups excluding carboxylic acids is 2. The Morgan fingerprint density at radius 2 is 2.08 bits per heavy atom. The molecule has 1 aromatic carbocycles. The van der Waals surface area contributed by atoms with Crippen molar-refractivity contribution in [3.63, 3.8) is 0 Å². The lowest BCUT2D eigenvalue weighted by molar-refractivity contribution is -0.286. The fourth-order valence-corrected chi connectivity index (χ4v) is 1.80. The van der Waals surface area contributed by atoms with Gasteiger partial charge in [-0.3, -0.25) is 9.59 Å². The van der Waals surface area contributed by atoms with Crippen LogP contribution in [0.15, 0.2) is 24.5 Å². The average molecular weight is 341 g/mol. The van der Waals surface area contributed by atoms with Crippen molar-refractivity contribution in [1.82, 2.24) is 20.2 Å². The molecule has 1 aliphatic rings. The highest BCUT2D eigenvalue weighted by Crippen LogP contribution is 2.42. The summed E-state index contributed by atoms with van der Waals surface area (Å²) in [5.74, 6) is -1.74. The monoisotopic (exact) mass is 341 g/mol. The molecule has 0 fully saturated rings. The van der Waals surface area contributed by atoms with Gasteiger partial charge >= 0.3 is 12.3 Å². The van der Waals surface area contributed by atoms with Gasteiger partial charge in [-0.1, -0.05) is 0 Å². The minimum absolute atomic E-state index is 0.147. The van der Waals surface area contributed by atoms with Crippen LogP contribution in [-0.4, -0.2) is 45.0 Å². The first kappa shape index (κ1) is 15.6. The third-order valence-electron chi connectivity index (χ3n) is 2.73. The van der Waals surface area contributed by atoms with Crippen LogP contribution < -0.4 is 14.8 Å². The minimum atomic E-state index is -3.74. The van der Waals surface area contributed by atoms with Crippen LogP contribution in [0.1, 0.15) is 0 Å². The number of hydrogen-bond donors (Lipinski definition) is 1. The minimum Gasteiger partial charge on any atom is -0.454 e. The van der Waals surface area contributed by atoms with Crippen LogP contribution >= 0.6 is 0 Å². The molecule has 24 heavy (non-hydrogen) atoms. The van der Waals surface area contributed by atoms with E-state index in [4.69, 9.17) is 4.74 Å². The quantitative estimate of drug-likeness (QED) is 0.765. The second-order valence-electron chi connectivity index (χ2n) is 4.55. The summed E-state index contributed by atoms with van der Waals surface area (Å²) in [6.07, 6.45) is -2.53. The van der Waals surface area contributed by atoms with Crippen molar-refractivity contribution in [3.8, 4) is 11.5 Å². The van der Waals surface area contributed by atoms with Gasteiger partial charge in [-0.25, -0.2) is 4.68 Å². The number of benzene rings is 1. The van der Waals surface area contributed by atoms with Gasteiger partial charge in [-0.2, -0.15) is 0 Å². The molecule has 0 spiro atoms. The van der Waals surface area contributed by atoms with E-state index in [2.05, 4.69) is 30.3 Å². The van der Waals surface area contributed by atoms with Crippen LogP contribution in [0.2, 0.25) is 0 Å². The van der Waals surface area contributed by atoms with Crippen LogP contribution in [0, 0.1) is 0 Å². The number of fused-ring (bicyclic) bond motifs is 1. The number of carbonyl (C=O) groups is 2. The maximum atomic E-state index is 12.9. The SMILES string of the molecule is O=C(COC(=O)Cn1cnnn1)Nc1ccc2c(c1)OC(F)(F)O2. The van der Waals surface area contributed by atoms with Gasteiger partial charge in [0.2, 0.25) is 0 Å². The van der Waals surface area contributed by atoms with Gasteiger partial charge in [-0.15, -0.1) is 13.9 Å². The first-order valence-corrected chi connectivity index (χ1v) is 6.47. The van der Waals surface area contributed by atoms with Gasteiger partial charge in [-0.05, 0) is 22.6 Å². The van der Waals surface area contributed by atoms with Crippen LogP contribution in [0.3, 0.4) is 0 Å². The van der Waals surface area contributed by atoms with Crippen LogP contribution in [-0.2, 0) is 20.9 Å². The van der Waals surface area contributed by atoms with Crippen molar-refractivity contribution in [2.75, 3.05) is 11.9 Å². The highest BCUT2D eigenvalue weighted by atomic mass is 19.3. The third kappa shape index (κ3) is 3.71. The zero-order chi connectivity index (χ0) is 17.2. The molecular weight excluding hydrogens is 332 g/mol. The lowest BCUT2D eigenvalue weighted by Crippen LogP contribution is -2.26. The van der Waals surface area contributed by atoms with Crippen LogP contribution in [0.25, 0.3) is 0 Å². The predicted molar refractivity (Wildman–Crippen MR) is 70.1 cm³/mol. The summed E-state index contributed by atoms with van der Waals surface area (Å²) in [5.41, 5.74) is 0.177. The summed E-state index contributed by atoms with van der Waals surface area (Å²) in [5, 5.41) is 12.5. The lowest BCUT2D eigenvalue weighted by Gasteiger charge is -2.07. The molecule has 0 radical (unpaired) electrons. The molecule has 1 amide bonds. The molecule has 3 rings (SSSR count). The maximum Gasteiger partial charge on any atom is 0.586 e. The van der Waals surface area contributed by atoms with Crippen molar-refractivity contribution in [2.45, 2.75) is 12.8 Å². The molecule has 2 aromatic rings. The van der Waals surface area contributed by atoms with Crippen molar-refractivity contribution in [1.29, 1.82) is 0 Å². The van der Waals surface area contributed by atoms with Gasteiger partial charge in [0.1, 0.15) is 12.9 Å². The molecular formula is C12H9F2N5O5. The predicted octanol–water partition coefficient (Wildman–Crippen LogP) is 0.176. The molecule has 10 nitrogen and oxygen atoms in total. The van der Waals surface area contributed by atoms with Crippen LogP contribution in [0.5, 0.6) is 11.5 Å². The Kier molecular flexibility index (Phi) is 3.93. The molecule has 1 N–H and O–H groups in total. The maximum absolute atomic E-state index is 12.9. The third-order valence-corrected chi connectivity index (χ3v) is 2.73. The fraction of sp³-hybridized carbons (Fsp3) is 0.250. The molecule has 1 aromatic heterocycles. The molecule has 1 aliphatic heterocycles. The zero-order valence-corrected chi connectivity index (χ0v) is 11.8. The molecule has 2 heterocycles. The summed E-state index contributed by atoms with van der Waals surface area (Å²) >= 11 is 0. The number of amides is 1. The number of tetrazole rings is 1. The Hall–Kier alpha value is -3.31. The van der Waals surface area contributed by atoms with E-state index in [-0.39, 0.29) is 23.7 Å². The number of anilines is 1. The molecule has 126 valence electrons. The van der Waals surface area contributed by atoms with Gasteiger partial charge in [0, 0.05) is 11.8 Å². The molecule has 0 saturated carbocycles. The number of halogens is 2. The number of nitrogens with one attached hydrogen (secondary N) is 1. The molecule has 0 aliphatic carbocycles. The van der Waals surface area contributed by atoms with E-state index in [1.165, 1.54) is 18.5 Å². The van der Waals surface area contributed by atoms with E-state index < -0.39 is 24.8 Å². The van der Waals surface area contributed by atoms with E-state index in [1.807, 2.05) is 0 Å². The standard InChI is InChI=1S/C12H9F2N5O5/c13-12(14)23-8-2-1-7(3-9(8)24-12)16-10(20)5-22-11(21)4-19-6-15-17-18-19/h1-3,6H,4-5H2,(H,16,20). The second-order valence-corrected chi connectivity index (χ2v) is 4.55. The van der Waals surface area contributed by atoms with E-state index in [9.17, 15) is 18.4 Å². The summed E-state index contributed by atoms with van der Waals surface area (Å²) in [6.45, 7) is -0.815. The smallest absolute Gasteiger partial charge is 0.454 e. The Bertz CT molecular complexity index is 767. The van der Waals surface area contributed by atoms with E-state index in [1.54, 1.807) is 0 Å². The van der Waals surface area contributed by atoms with Crippen molar-refractivity contribution >= 4 is 17.6 Å². The molecule has 12 heteroatoms. The summed E-state index contributed by atoms with van der Waals surface area (Å²) in [6, 6.07) is 3.72. The Balaban J connectivity index is 1.50. The van der Waals surface area contributed by atoms with E-state index >= 15 is 0 Å². The van der Waals surface area contributed by atoms with Crippen LogP contribution in [0.4, 0.5) is 14.5 Å². The van der Waals surface area contributed by atoms with Gasteiger partial charge in [0.25, 0.3) is 5.91 Å². The fourth-order valence-electron chi connectivity index (χ4n) is 1.80. The van der Waals surface area contributed by atoms with Crippen molar-refractivity contribution in [2.24, 2.45) is 0 Å². The average Bonchev–Trinajstić information content (AvgIpc) is 3.10. The molecule has 0 bridgehead atoms. The number of alkyl halides is 2. The summed E-state index contributed by atoms with van der Waals surface area (Å²) in [7, 11) is 0. The number of nitrogens with zero attached hydrogens (tertiary/aromatic N) is 4. The Morgan fingerprint density at radius 1 is 1.29 bits per heavy atom. The molecule has 0 unspecified atom stereocenters. The van der Waals surface area contributed by atoms with E-state index in [0.29, 0.717) is 0 Å². The zero-order valence-electron chi connectivity index (χ0n) is 11.8. The van der Waals surface area contributed by atoms with Crippen molar-refractivity contribution in [3.05, 3.63) is 24.5 Å². The normalized spacial score (nSPS) is 14.2. The van der Waals surface area contributed by atoms with Crippen molar-refractivity contribution < 1.29 is 32.6 Å². The first-order chi connectivity index (χ1) is 11.4. The number of ether oxygens (including phenoxy) is 3. The summed E-state index contributed by atoms with van der Waals surface area (Å²) in [4.78, 5) is 23.1. The Labute approximate surface area is 132 Å². The lowest BCUT2D eigenvalue weighted by atomic mass is 10.3. The number of esters is 1. The highest BCUT2D eigenvalue weighted by Gasteiger charge is 2.43. The highest BCUT2D eigenvalue weighted by molar-refractivity contribution is 5.93.